The molecule has 1 heterocycles. The summed E-state index contributed by atoms with van der Waals surface area (Å²) >= 11 is 7.09. The predicted octanol–water partition coefficient (Wildman–Crippen LogP) is 4.17. The average molecular weight is 419 g/mol. The lowest BCUT2D eigenvalue weighted by molar-refractivity contribution is 0.0958. The van der Waals surface area contributed by atoms with Crippen molar-refractivity contribution in [2.45, 2.75) is 13.5 Å². The Kier molecular flexibility index (Phi) is 6.23. The lowest BCUT2D eigenvalue weighted by Crippen LogP contribution is -2.17. The van der Waals surface area contributed by atoms with Crippen molar-refractivity contribution < 1.29 is 13.9 Å². The molecule has 0 aliphatic rings. The van der Waals surface area contributed by atoms with E-state index in [9.17, 15) is 9.18 Å². The van der Waals surface area contributed by atoms with E-state index in [-0.39, 0.29) is 18.1 Å². The molecule has 0 spiro atoms. The van der Waals surface area contributed by atoms with Gasteiger partial charge >= 0.3 is 0 Å². The van der Waals surface area contributed by atoms with E-state index in [0.717, 1.165) is 11.3 Å². The van der Waals surface area contributed by atoms with Crippen molar-refractivity contribution in [3.05, 3.63) is 75.0 Å². The maximum atomic E-state index is 13.8. The number of hydrogen-bond donors (Lipinski definition) is 2. The van der Waals surface area contributed by atoms with Crippen molar-refractivity contribution in [1.82, 2.24) is 10.4 Å². The topological polar surface area (TPSA) is 89.6 Å². The minimum Gasteiger partial charge on any atom is -0.489 e. The van der Waals surface area contributed by atoms with Gasteiger partial charge in [0, 0.05) is 5.56 Å². The standard InChI is InChI=1S/C19H16ClFN4O2S/c1-11-17(28-19(22)24-11)18(26)25-23-9-12-4-2-5-13(8-12)27-10-14-15(20)6-3-7-16(14)21/h2-9H,10H2,1H3,(H2,22,24)(H,25,26)/b23-9+. The molecule has 6 nitrogen and oxygen atoms in total. The van der Waals surface area contributed by atoms with Gasteiger partial charge < -0.3 is 10.5 Å². The van der Waals surface area contributed by atoms with Crippen LogP contribution in [-0.4, -0.2) is 17.1 Å². The fourth-order valence-electron chi connectivity index (χ4n) is 2.35. The summed E-state index contributed by atoms with van der Waals surface area (Å²) in [5.41, 5.74) is 9.55. The van der Waals surface area contributed by atoms with Crippen molar-refractivity contribution in [2.24, 2.45) is 5.10 Å². The smallest absolute Gasteiger partial charge is 0.283 e. The van der Waals surface area contributed by atoms with Crippen molar-refractivity contribution >= 4 is 40.2 Å². The van der Waals surface area contributed by atoms with Gasteiger partial charge in [0.25, 0.3) is 5.91 Å². The summed E-state index contributed by atoms with van der Waals surface area (Å²) in [4.78, 5) is 16.5. The van der Waals surface area contributed by atoms with E-state index in [2.05, 4.69) is 15.5 Å². The van der Waals surface area contributed by atoms with Crippen LogP contribution in [0.15, 0.2) is 47.6 Å². The molecule has 0 saturated carbocycles. The summed E-state index contributed by atoms with van der Waals surface area (Å²) in [6, 6.07) is 11.5. The van der Waals surface area contributed by atoms with Gasteiger partial charge in [-0.1, -0.05) is 41.1 Å². The Morgan fingerprint density at radius 2 is 2.18 bits per heavy atom. The molecule has 0 fully saturated rings. The molecule has 3 rings (SSSR count). The van der Waals surface area contributed by atoms with Gasteiger partial charge in [-0.15, -0.1) is 0 Å². The molecule has 0 atom stereocenters. The Morgan fingerprint density at radius 3 is 2.89 bits per heavy atom. The Hall–Kier alpha value is -2.97. The van der Waals surface area contributed by atoms with Crippen LogP contribution >= 0.6 is 22.9 Å². The molecule has 28 heavy (non-hydrogen) atoms. The quantitative estimate of drug-likeness (QED) is 0.464. The molecule has 1 amide bonds. The molecule has 3 N–H and O–H groups in total. The van der Waals surface area contributed by atoms with Gasteiger partial charge in [0.2, 0.25) is 0 Å². The molecule has 0 aliphatic carbocycles. The second-order valence-corrected chi connectivity index (χ2v) is 7.16. The first kappa shape index (κ1) is 19.8. The molecule has 2 aromatic carbocycles. The van der Waals surface area contributed by atoms with Gasteiger partial charge in [0.1, 0.15) is 23.1 Å². The number of amides is 1. The number of nitrogens with two attached hydrogens (primary N) is 1. The minimum absolute atomic E-state index is 0.00504. The predicted molar refractivity (Wildman–Crippen MR) is 109 cm³/mol. The normalized spacial score (nSPS) is 11.0. The highest BCUT2D eigenvalue weighted by atomic mass is 35.5. The van der Waals surface area contributed by atoms with E-state index in [0.29, 0.717) is 32.0 Å². The van der Waals surface area contributed by atoms with Crippen LogP contribution in [0.4, 0.5) is 9.52 Å². The third kappa shape index (κ3) is 4.85. The molecule has 0 bridgehead atoms. The molecular formula is C19H16ClFN4O2S. The molecule has 144 valence electrons. The van der Waals surface area contributed by atoms with Crippen LogP contribution < -0.4 is 15.9 Å². The number of thiazole rings is 1. The van der Waals surface area contributed by atoms with Crippen molar-refractivity contribution in [3.63, 3.8) is 0 Å². The largest absolute Gasteiger partial charge is 0.489 e. The molecule has 0 radical (unpaired) electrons. The zero-order valence-electron chi connectivity index (χ0n) is 14.8. The van der Waals surface area contributed by atoms with Crippen LogP contribution in [0, 0.1) is 12.7 Å². The van der Waals surface area contributed by atoms with E-state index in [4.69, 9.17) is 22.1 Å². The highest BCUT2D eigenvalue weighted by molar-refractivity contribution is 7.17. The number of hydrazone groups is 1. The number of hydrogen-bond acceptors (Lipinski definition) is 6. The summed E-state index contributed by atoms with van der Waals surface area (Å²) in [5, 5.41) is 4.56. The van der Waals surface area contributed by atoms with Crippen LogP contribution in [0.25, 0.3) is 0 Å². The van der Waals surface area contributed by atoms with Crippen molar-refractivity contribution in [2.75, 3.05) is 5.73 Å². The average Bonchev–Trinajstić information content (AvgIpc) is 3.00. The first-order valence-corrected chi connectivity index (χ1v) is 9.35. The number of carbonyl (C=O) groups excluding carboxylic acids is 1. The summed E-state index contributed by atoms with van der Waals surface area (Å²) in [7, 11) is 0. The summed E-state index contributed by atoms with van der Waals surface area (Å²) in [5.74, 6) is -0.294. The number of aromatic nitrogens is 1. The van der Waals surface area contributed by atoms with Gasteiger partial charge in [-0.05, 0) is 36.8 Å². The fourth-order valence-corrected chi connectivity index (χ4v) is 3.30. The summed E-state index contributed by atoms with van der Waals surface area (Å²) < 4.78 is 19.4. The number of nitrogen functional groups attached to an aromatic ring is 1. The van der Waals surface area contributed by atoms with E-state index >= 15 is 0 Å². The second-order valence-electron chi connectivity index (χ2n) is 5.73. The van der Waals surface area contributed by atoms with Gasteiger partial charge in [-0.2, -0.15) is 5.10 Å². The van der Waals surface area contributed by atoms with Crippen LogP contribution in [0.2, 0.25) is 5.02 Å². The van der Waals surface area contributed by atoms with Gasteiger partial charge in [-0.25, -0.2) is 14.8 Å². The maximum Gasteiger partial charge on any atom is 0.283 e. The number of carbonyl (C=O) groups is 1. The molecule has 0 aliphatic heterocycles. The Labute approximate surface area is 169 Å². The number of nitrogens with one attached hydrogen (secondary N) is 1. The lowest BCUT2D eigenvalue weighted by Gasteiger charge is -2.09. The first-order chi connectivity index (χ1) is 13.4. The monoisotopic (exact) mass is 418 g/mol. The number of aryl methyl sites for hydroxylation is 1. The van der Waals surface area contributed by atoms with E-state index in [1.807, 2.05) is 0 Å². The molecule has 3 aromatic rings. The summed E-state index contributed by atoms with van der Waals surface area (Å²) in [6.07, 6.45) is 1.47. The van der Waals surface area contributed by atoms with Crippen molar-refractivity contribution in [3.8, 4) is 5.75 Å². The van der Waals surface area contributed by atoms with Gasteiger partial charge in [0.15, 0.2) is 5.13 Å². The Balaban J connectivity index is 1.62. The molecule has 0 saturated heterocycles. The zero-order chi connectivity index (χ0) is 20.1. The number of halogens is 2. The number of nitrogens with zero attached hydrogens (tertiary/aromatic N) is 2. The highest BCUT2D eigenvalue weighted by Crippen LogP contribution is 2.22. The highest BCUT2D eigenvalue weighted by Gasteiger charge is 2.13. The Morgan fingerprint density at radius 1 is 1.39 bits per heavy atom. The SMILES string of the molecule is Cc1nc(N)sc1C(=O)N/N=C/c1cccc(OCc2c(F)cccc2Cl)c1. The summed E-state index contributed by atoms with van der Waals surface area (Å²) in [6.45, 7) is 1.70. The molecular weight excluding hydrogens is 403 g/mol. The first-order valence-electron chi connectivity index (χ1n) is 8.16. The van der Waals surface area contributed by atoms with Gasteiger partial charge in [-0.3, -0.25) is 4.79 Å². The Bertz CT molecular complexity index is 1020. The van der Waals surface area contributed by atoms with Crippen LogP contribution in [0.1, 0.15) is 26.5 Å². The molecule has 1 aromatic heterocycles. The molecule has 0 unspecified atom stereocenters. The van der Waals surface area contributed by atoms with Crippen LogP contribution in [0.5, 0.6) is 5.75 Å². The number of rotatable bonds is 6. The number of benzene rings is 2. The zero-order valence-corrected chi connectivity index (χ0v) is 16.4. The minimum atomic E-state index is -0.424. The third-order valence-corrected chi connectivity index (χ3v) is 5.04. The van der Waals surface area contributed by atoms with E-state index < -0.39 is 5.82 Å². The van der Waals surface area contributed by atoms with Gasteiger partial charge in [0.05, 0.1) is 16.9 Å². The fraction of sp³-hybridized carbons (Fsp3) is 0.105. The van der Waals surface area contributed by atoms with Crippen molar-refractivity contribution in [1.29, 1.82) is 0 Å². The number of anilines is 1. The lowest BCUT2D eigenvalue weighted by atomic mass is 10.2. The van der Waals surface area contributed by atoms with Crippen LogP contribution in [0.3, 0.4) is 0 Å². The molecule has 9 heteroatoms. The second kappa shape index (κ2) is 8.81. The third-order valence-electron chi connectivity index (χ3n) is 3.70. The van der Waals surface area contributed by atoms with E-state index in [1.54, 1.807) is 37.3 Å². The van der Waals surface area contributed by atoms with Crippen LogP contribution in [-0.2, 0) is 6.61 Å². The van der Waals surface area contributed by atoms with E-state index in [1.165, 1.54) is 18.3 Å². The number of ether oxygens (including phenoxy) is 1. The maximum absolute atomic E-state index is 13.8.